The van der Waals surface area contributed by atoms with Crippen molar-refractivity contribution in [2.45, 2.75) is 26.8 Å². The largest absolute Gasteiger partial charge is 0.478 e. The van der Waals surface area contributed by atoms with Gasteiger partial charge in [-0.15, -0.1) is 0 Å². The summed E-state index contributed by atoms with van der Waals surface area (Å²) in [5.41, 5.74) is 1.97. The summed E-state index contributed by atoms with van der Waals surface area (Å²) >= 11 is 0. The second kappa shape index (κ2) is 5.33. The number of carboxylic acids is 1. The number of aryl methyl sites for hydroxylation is 1. The van der Waals surface area contributed by atoms with Gasteiger partial charge in [0.2, 0.25) is 0 Å². The molecule has 2 rings (SSSR count). The molecular formula is C16H17NO3. The lowest BCUT2D eigenvalue weighted by Crippen LogP contribution is -2.28. The van der Waals surface area contributed by atoms with Crippen molar-refractivity contribution in [1.82, 2.24) is 4.57 Å². The van der Waals surface area contributed by atoms with E-state index >= 15 is 0 Å². The van der Waals surface area contributed by atoms with Crippen LogP contribution in [0.3, 0.4) is 0 Å². The van der Waals surface area contributed by atoms with E-state index in [1.165, 1.54) is 10.6 Å². The number of hydrogen-bond acceptors (Lipinski definition) is 2. The Morgan fingerprint density at radius 2 is 1.80 bits per heavy atom. The quantitative estimate of drug-likeness (QED) is 0.933. The molecule has 0 amide bonds. The van der Waals surface area contributed by atoms with Gasteiger partial charge in [-0.3, -0.25) is 4.79 Å². The average Bonchev–Trinajstić information content (AvgIpc) is 2.38. The summed E-state index contributed by atoms with van der Waals surface area (Å²) in [6.07, 6.45) is 0. The van der Waals surface area contributed by atoms with Crippen LogP contribution in [0.5, 0.6) is 0 Å². The maximum atomic E-state index is 12.2. The van der Waals surface area contributed by atoms with Gasteiger partial charge >= 0.3 is 5.97 Å². The Bertz CT molecular complexity index is 702. The molecule has 1 heterocycles. The predicted molar refractivity (Wildman–Crippen MR) is 77.4 cm³/mol. The molecule has 1 aromatic heterocycles. The van der Waals surface area contributed by atoms with E-state index in [0.717, 1.165) is 5.56 Å². The van der Waals surface area contributed by atoms with Crippen LogP contribution in [-0.4, -0.2) is 15.6 Å². The number of carboxylic acid groups (broad SMARTS) is 1. The van der Waals surface area contributed by atoms with Crippen molar-refractivity contribution in [1.29, 1.82) is 0 Å². The van der Waals surface area contributed by atoms with E-state index < -0.39 is 5.97 Å². The van der Waals surface area contributed by atoms with Crippen molar-refractivity contribution in [3.8, 4) is 0 Å². The molecule has 0 bridgehead atoms. The molecule has 0 fully saturated rings. The highest BCUT2D eigenvalue weighted by atomic mass is 16.4. The minimum atomic E-state index is -1.01. The number of hydrogen-bond donors (Lipinski definition) is 1. The summed E-state index contributed by atoms with van der Waals surface area (Å²) in [7, 11) is 0. The summed E-state index contributed by atoms with van der Waals surface area (Å²) in [6, 6.07) is 10.7. The second-order valence-electron chi connectivity index (χ2n) is 4.89. The van der Waals surface area contributed by atoms with Crippen molar-refractivity contribution in [3.63, 3.8) is 0 Å². The van der Waals surface area contributed by atoms with E-state index in [1.807, 2.05) is 37.3 Å². The maximum Gasteiger partial charge on any atom is 0.337 e. The minimum absolute atomic E-state index is 0.179. The molecule has 0 aliphatic heterocycles. The van der Waals surface area contributed by atoms with Crippen LogP contribution in [0, 0.1) is 13.8 Å². The van der Waals surface area contributed by atoms with E-state index in [9.17, 15) is 14.7 Å². The van der Waals surface area contributed by atoms with Crippen molar-refractivity contribution >= 4 is 5.97 Å². The first-order valence-electron chi connectivity index (χ1n) is 6.44. The van der Waals surface area contributed by atoms with Crippen LogP contribution in [0.25, 0.3) is 0 Å². The van der Waals surface area contributed by atoms with E-state index in [0.29, 0.717) is 11.3 Å². The van der Waals surface area contributed by atoms with Gasteiger partial charge in [0.15, 0.2) is 0 Å². The second-order valence-corrected chi connectivity index (χ2v) is 4.89. The zero-order chi connectivity index (χ0) is 14.9. The van der Waals surface area contributed by atoms with Crippen LogP contribution >= 0.6 is 0 Å². The molecule has 0 spiro atoms. The fourth-order valence-corrected chi connectivity index (χ4v) is 2.58. The normalized spacial score (nSPS) is 12.2. The van der Waals surface area contributed by atoms with Crippen LogP contribution in [-0.2, 0) is 0 Å². The third-order valence-corrected chi connectivity index (χ3v) is 3.58. The standard InChI is InChI=1S/C16H17NO3/c1-10-9-14(18)17(12(3)15(10)16(19)20)11(2)13-7-5-4-6-8-13/h4-9,11H,1-3H3,(H,19,20). The monoisotopic (exact) mass is 271 g/mol. The zero-order valence-corrected chi connectivity index (χ0v) is 11.8. The van der Waals surface area contributed by atoms with Crippen LogP contribution < -0.4 is 5.56 Å². The molecule has 0 aliphatic carbocycles. The van der Waals surface area contributed by atoms with Gasteiger partial charge < -0.3 is 9.67 Å². The van der Waals surface area contributed by atoms with Crippen LogP contribution in [0.2, 0.25) is 0 Å². The van der Waals surface area contributed by atoms with Gasteiger partial charge in [-0.25, -0.2) is 4.79 Å². The molecule has 0 saturated carbocycles. The number of benzene rings is 1. The van der Waals surface area contributed by atoms with Crippen molar-refractivity contribution in [2.24, 2.45) is 0 Å². The Labute approximate surface area is 117 Å². The molecule has 104 valence electrons. The number of pyridine rings is 1. The Hall–Kier alpha value is -2.36. The van der Waals surface area contributed by atoms with E-state index in [2.05, 4.69) is 0 Å². The predicted octanol–water partition coefficient (Wildman–Crippen LogP) is 2.77. The van der Waals surface area contributed by atoms with Gasteiger partial charge in [0.05, 0.1) is 11.6 Å². The first-order chi connectivity index (χ1) is 9.43. The topological polar surface area (TPSA) is 59.3 Å². The molecule has 1 atom stereocenters. The van der Waals surface area contributed by atoms with Crippen molar-refractivity contribution in [3.05, 3.63) is 69.1 Å². The van der Waals surface area contributed by atoms with Gasteiger partial charge in [-0.1, -0.05) is 30.3 Å². The molecule has 4 heteroatoms. The van der Waals surface area contributed by atoms with Crippen molar-refractivity contribution in [2.75, 3.05) is 0 Å². The Morgan fingerprint density at radius 1 is 1.20 bits per heavy atom. The summed E-state index contributed by atoms with van der Waals surface area (Å²) in [6.45, 7) is 5.22. The van der Waals surface area contributed by atoms with Crippen LogP contribution in [0.15, 0.2) is 41.2 Å². The lowest BCUT2D eigenvalue weighted by atomic mass is 10.0. The Balaban J connectivity index is 2.66. The van der Waals surface area contributed by atoms with Gasteiger partial charge in [0.1, 0.15) is 0 Å². The molecule has 1 N–H and O–H groups in total. The summed E-state index contributed by atoms with van der Waals surface area (Å²) < 4.78 is 1.53. The first kappa shape index (κ1) is 14.1. The van der Waals surface area contributed by atoms with Gasteiger partial charge in [-0.2, -0.15) is 0 Å². The Morgan fingerprint density at radius 3 is 2.35 bits per heavy atom. The number of carbonyl (C=O) groups is 1. The van der Waals surface area contributed by atoms with Gasteiger partial charge in [-0.05, 0) is 31.9 Å². The molecule has 0 aliphatic rings. The number of aromatic carboxylic acids is 1. The van der Waals surface area contributed by atoms with Crippen molar-refractivity contribution < 1.29 is 9.90 Å². The summed E-state index contributed by atoms with van der Waals surface area (Å²) in [5, 5.41) is 9.30. The van der Waals surface area contributed by atoms with Gasteiger partial charge in [0, 0.05) is 11.8 Å². The number of rotatable bonds is 3. The van der Waals surface area contributed by atoms with Gasteiger partial charge in [0.25, 0.3) is 5.56 Å². The number of nitrogens with zero attached hydrogens (tertiary/aromatic N) is 1. The Kier molecular flexibility index (Phi) is 3.74. The average molecular weight is 271 g/mol. The van der Waals surface area contributed by atoms with E-state index in [4.69, 9.17) is 0 Å². The van der Waals surface area contributed by atoms with E-state index in [-0.39, 0.29) is 17.2 Å². The SMILES string of the molecule is Cc1cc(=O)n(C(C)c2ccccc2)c(C)c1C(=O)O. The highest BCUT2D eigenvalue weighted by Crippen LogP contribution is 2.20. The zero-order valence-electron chi connectivity index (χ0n) is 11.8. The third-order valence-electron chi connectivity index (χ3n) is 3.58. The van der Waals surface area contributed by atoms with Crippen LogP contribution in [0.1, 0.15) is 40.1 Å². The highest BCUT2D eigenvalue weighted by Gasteiger charge is 2.19. The smallest absolute Gasteiger partial charge is 0.337 e. The number of aromatic nitrogens is 1. The van der Waals surface area contributed by atoms with Crippen LogP contribution in [0.4, 0.5) is 0 Å². The molecule has 1 aromatic carbocycles. The molecule has 20 heavy (non-hydrogen) atoms. The molecule has 1 unspecified atom stereocenters. The molecule has 0 radical (unpaired) electrons. The minimum Gasteiger partial charge on any atom is -0.478 e. The molecular weight excluding hydrogens is 254 g/mol. The molecule has 4 nitrogen and oxygen atoms in total. The maximum absolute atomic E-state index is 12.2. The summed E-state index contributed by atoms with van der Waals surface area (Å²) in [5.74, 6) is -1.01. The fourth-order valence-electron chi connectivity index (χ4n) is 2.58. The lowest BCUT2D eigenvalue weighted by molar-refractivity contribution is 0.0694. The molecule has 2 aromatic rings. The highest BCUT2D eigenvalue weighted by molar-refractivity contribution is 5.90. The summed E-state index contributed by atoms with van der Waals surface area (Å²) in [4.78, 5) is 23.6. The fraction of sp³-hybridized carbons (Fsp3) is 0.250. The molecule has 0 saturated heterocycles. The third kappa shape index (κ3) is 2.37. The van der Waals surface area contributed by atoms with E-state index in [1.54, 1.807) is 13.8 Å². The first-order valence-corrected chi connectivity index (χ1v) is 6.44. The lowest BCUT2D eigenvalue weighted by Gasteiger charge is -2.20.